The first-order valence-electron chi connectivity index (χ1n) is 12.1. The maximum atomic E-state index is 15.2. The Morgan fingerprint density at radius 2 is 1.65 bits per heavy atom. The van der Waals surface area contributed by atoms with E-state index in [2.05, 4.69) is 20.8 Å². The minimum absolute atomic E-state index is 0.117. The van der Waals surface area contributed by atoms with Gasteiger partial charge in [0.15, 0.2) is 18.2 Å². The molecule has 2 aromatic carbocycles. The van der Waals surface area contributed by atoms with Gasteiger partial charge in [-0.15, -0.1) is 0 Å². The number of alkyl halides is 3. The smallest absolute Gasteiger partial charge is 0.416 e. The summed E-state index contributed by atoms with van der Waals surface area (Å²) in [5.74, 6) is -2.23. The molecule has 2 aromatic rings. The lowest BCUT2D eigenvalue weighted by Crippen LogP contribution is -2.51. The van der Waals surface area contributed by atoms with Gasteiger partial charge in [-0.05, 0) is 85.8 Å². The van der Waals surface area contributed by atoms with Crippen molar-refractivity contribution in [2.45, 2.75) is 80.0 Å². The van der Waals surface area contributed by atoms with Gasteiger partial charge in [0.1, 0.15) is 16.4 Å². The highest BCUT2D eigenvalue weighted by molar-refractivity contribution is 7.92. The molecule has 0 aliphatic heterocycles. The predicted octanol–water partition coefficient (Wildman–Crippen LogP) is 6.80. The summed E-state index contributed by atoms with van der Waals surface area (Å²) >= 11 is 0. The van der Waals surface area contributed by atoms with E-state index in [0.29, 0.717) is 12.1 Å². The summed E-state index contributed by atoms with van der Waals surface area (Å²) in [6, 6.07) is 5.26. The number of benzene rings is 2. The average Bonchev–Trinajstić information content (AvgIpc) is 2.79. The molecule has 206 valence electrons. The van der Waals surface area contributed by atoms with Crippen LogP contribution in [0, 0.1) is 17.6 Å². The molecule has 1 aliphatic carbocycles. The summed E-state index contributed by atoms with van der Waals surface area (Å²) in [4.78, 5) is -0.399. The number of rotatable bonds is 6. The molecule has 1 saturated carbocycles. The molecule has 1 unspecified atom stereocenters. The third kappa shape index (κ3) is 5.79. The van der Waals surface area contributed by atoms with Gasteiger partial charge >= 0.3 is 6.18 Å². The van der Waals surface area contributed by atoms with Gasteiger partial charge in [-0.3, -0.25) is 0 Å². The molecule has 0 saturated heterocycles. The topological polar surface area (TPSA) is 69.4 Å². The maximum absolute atomic E-state index is 15.2. The summed E-state index contributed by atoms with van der Waals surface area (Å²) in [6.45, 7) is 10.4. The van der Waals surface area contributed by atoms with Gasteiger partial charge in [-0.25, -0.2) is 17.2 Å². The van der Waals surface area contributed by atoms with Crippen molar-refractivity contribution >= 4 is 18.2 Å². The third-order valence-corrected chi connectivity index (χ3v) is 15.0. The summed E-state index contributed by atoms with van der Waals surface area (Å²) in [5, 5.41) is -0.121. The van der Waals surface area contributed by atoms with Crippen LogP contribution >= 0.6 is 0 Å². The molecule has 1 aliphatic rings. The highest BCUT2D eigenvalue weighted by Crippen LogP contribution is 2.50. The van der Waals surface area contributed by atoms with Crippen LogP contribution in [0.2, 0.25) is 18.1 Å². The van der Waals surface area contributed by atoms with Crippen molar-refractivity contribution in [3.63, 3.8) is 0 Å². The van der Waals surface area contributed by atoms with E-state index in [1.807, 2.05) is 13.1 Å². The molecule has 2 N–H and O–H groups in total. The zero-order valence-electron chi connectivity index (χ0n) is 21.6. The summed E-state index contributed by atoms with van der Waals surface area (Å²) in [5.41, 5.74) is 5.02. The van der Waals surface area contributed by atoms with Gasteiger partial charge in [0.05, 0.1) is 10.5 Å². The fourth-order valence-electron chi connectivity index (χ4n) is 4.56. The first-order valence-corrected chi connectivity index (χ1v) is 16.5. The first kappa shape index (κ1) is 29.7. The second kappa shape index (κ2) is 10.1. The minimum Gasteiger partial charge on any atom is -0.416 e. The summed E-state index contributed by atoms with van der Waals surface area (Å²) in [6.07, 6.45) is -4.75. The molecule has 4 nitrogen and oxygen atoms in total. The summed E-state index contributed by atoms with van der Waals surface area (Å²) < 4.78 is 101. The Hall–Kier alpha value is -1.82. The van der Waals surface area contributed by atoms with Gasteiger partial charge < -0.3 is 10.2 Å². The number of nitrogens with two attached hydrogens (primary N) is 1. The van der Waals surface area contributed by atoms with Crippen LogP contribution in [0.1, 0.15) is 51.2 Å². The van der Waals surface area contributed by atoms with Crippen LogP contribution in [-0.4, -0.2) is 29.4 Å². The number of halogens is 5. The van der Waals surface area contributed by atoms with Crippen molar-refractivity contribution in [1.82, 2.24) is 0 Å². The normalized spacial score (nSPS) is 23.8. The molecule has 0 spiro atoms. The van der Waals surface area contributed by atoms with Crippen LogP contribution in [0.3, 0.4) is 0 Å². The Kier molecular flexibility index (Phi) is 8.08. The lowest BCUT2D eigenvalue weighted by atomic mass is 9.75. The van der Waals surface area contributed by atoms with Crippen molar-refractivity contribution in [3.8, 4) is 0 Å². The molecule has 0 aromatic heterocycles. The lowest BCUT2D eigenvalue weighted by molar-refractivity contribution is -0.137. The predicted molar refractivity (Wildman–Crippen MR) is 135 cm³/mol. The maximum Gasteiger partial charge on any atom is 0.416 e. The lowest BCUT2D eigenvalue weighted by Gasteiger charge is -2.45. The molecular formula is C26H34F5NO3SSi. The third-order valence-electron chi connectivity index (χ3n) is 7.97. The first-order chi connectivity index (χ1) is 16.8. The van der Waals surface area contributed by atoms with Gasteiger partial charge in [-0.1, -0.05) is 20.8 Å². The molecule has 0 amide bonds. The van der Waals surface area contributed by atoms with E-state index in [1.165, 1.54) is 0 Å². The van der Waals surface area contributed by atoms with E-state index in [4.69, 9.17) is 10.2 Å². The van der Waals surface area contributed by atoms with Crippen molar-refractivity contribution in [2.75, 3.05) is 6.61 Å². The van der Waals surface area contributed by atoms with Crippen molar-refractivity contribution in [1.29, 1.82) is 0 Å². The van der Waals surface area contributed by atoms with Crippen molar-refractivity contribution < 1.29 is 34.8 Å². The molecule has 0 radical (unpaired) electrons. The largest absolute Gasteiger partial charge is 0.416 e. The number of hydrogen-bond donors (Lipinski definition) is 1. The fraction of sp³-hybridized carbons (Fsp3) is 0.538. The molecule has 0 heterocycles. The Morgan fingerprint density at radius 1 is 1.05 bits per heavy atom. The summed E-state index contributed by atoms with van der Waals surface area (Å²) in [7, 11) is -6.73. The monoisotopic (exact) mass is 563 g/mol. The van der Waals surface area contributed by atoms with Gasteiger partial charge in [0.25, 0.3) is 0 Å². The minimum atomic E-state index is -4.65. The SMILES string of the molecule is CC(C)(C)[Si](C)(C)OC[C@@H]1C[C@](c2cc(F)ccc2F)(S(=O)(=O)c2ccc(C(F)(F)F)cc2)CCC1N. The zero-order chi connectivity index (χ0) is 28.0. The van der Waals surface area contributed by atoms with E-state index in [9.17, 15) is 26.0 Å². The molecule has 1 fully saturated rings. The second-order valence-electron chi connectivity index (χ2n) is 11.4. The van der Waals surface area contributed by atoms with Gasteiger partial charge in [0.2, 0.25) is 0 Å². The molecule has 3 atom stereocenters. The van der Waals surface area contributed by atoms with Gasteiger partial charge in [-0.2, -0.15) is 13.2 Å². The highest BCUT2D eigenvalue weighted by atomic mass is 32.2. The van der Waals surface area contributed by atoms with Crippen LogP contribution in [-0.2, 0) is 25.2 Å². The molecule has 37 heavy (non-hydrogen) atoms. The van der Waals surface area contributed by atoms with E-state index in [1.54, 1.807) is 0 Å². The van der Waals surface area contributed by atoms with E-state index >= 15 is 4.39 Å². The highest BCUT2D eigenvalue weighted by Gasteiger charge is 2.53. The second-order valence-corrected chi connectivity index (χ2v) is 18.5. The van der Waals surface area contributed by atoms with Gasteiger partial charge in [0, 0.05) is 18.2 Å². The van der Waals surface area contributed by atoms with Crippen molar-refractivity contribution in [3.05, 3.63) is 65.2 Å². The Labute approximate surface area is 216 Å². The van der Waals surface area contributed by atoms with E-state index < -0.39 is 63.1 Å². The van der Waals surface area contributed by atoms with Crippen LogP contribution in [0.25, 0.3) is 0 Å². The molecular weight excluding hydrogens is 529 g/mol. The van der Waals surface area contributed by atoms with Crippen molar-refractivity contribution in [2.24, 2.45) is 11.7 Å². The standard InChI is InChI=1S/C26H34F5NO3SSi/c1-24(2,3)37(4,5)35-16-17-15-25(13-12-23(17)32,21-14-19(27)8-11-22(21)28)36(33,34)20-9-6-18(7-10-20)26(29,30)31/h6-11,14,17,23H,12-13,15-16,32H2,1-5H3/t17-,23?,25+/m0/s1. The van der Waals surface area contributed by atoms with E-state index in [0.717, 1.165) is 30.3 Å². The quantitative estimate of drug-likeness (QED) is 0.310. The molecule has 11 heteroatoms. The van der Waals surface area contributed by atoms with Crippen LogP contribution in [0.5, 0.6) is 0 Å². The Balaban J connectivity index is 2.12. The molecule has 0 bridgehead atoms. The Morgan fingerprint density at radius 3 is 2.19 bits per heavy atom. The average molecular weight is 564 g/mol. The molecule has 3 rings (SSSR count). The number of hydrogen-bond acceptors (Lipinski definition) is 4. The van der Waals surface area contributed by atoms with Crippen LogP contribution in [0.4, 0.5) is 22.0 Å². The van der Waals surface area contributed by atoms with E-state index in [-0.39, 0.29) is 36.5 Å². The Bertz CT molecular complexity index is 1230. The zero-order valence-corrected chi connectivity index (χ0v) is 23.4. The number of sulfone groups is 1. The van der Waals surface area contributed by atoms with Crippen LogP contribution < -0.4 is 5.73 Å². The van der Waals surface area contributed by atoms with Crippen LogP contribution in [0.15, 0.2) is 47.4 Å². The fourth-order valence-corrected chi connectivity index (χ4v) is 7.83.